The van der Waals surface area contributed by atoms with Gasteiger partial charge in [-0.3, -0.25) is 0 Å². The number of halogens is 2. The number of aromatic nitrogens is 1. The van der Waals surface area contributed by atoms with Crippen LogP contribution in [0, 0.1) is 0 Å². The zero-order valence-corrected chi connectivity index (χ0v) is 15.7. The molecule has 2 aromatic rings. The van der Waals surface area contributed by atoms with E-state index >= 15 is 0 Å². The zero-order chi connectivity index (χ0) is 14.9. The van der Waals surface area contributed by atoms with Crippen LogP contribution in [0.2, 0.25) is 5.02 Å². The van der Waals surface area contributed by atoms with Gasteiger partial charge in [0.2, 0.25) is 0 Å². The third-order valence-electron chi connectivity index (χ3n) is 3.04. The van der Waals surface area contributed by atoms with Crippen LogP contribution in [-0.4, -0.2) is 23.6 Å². The molecule has 0 spiro atoms. The molecule has 0 amide bonds. The van der Waals surface area contributed by atoms with Crippen molar-refractivity contribution in [3.05, 3.63) is 59.4 Å². The van der Waals surface area contributed by atoms with Gasteiger partial charge < -0.3 is 15.2 Å². The van der Waals surface area contributed by atoms with Gasteiger partial charge in [-0.2, -0.15) is 0 Å². The maximum absolute atomic E-state index is 6.14. The fourth-order valence-corrected chi connectivity index (χ4v) is 2.15. The van der Waals surface area contributed by atoms with Crippen molar-refractivity contribution in [2.75, 3.05) is 13.1 Å². The second-order valence-electron chi connectivity index (χ2n) is 4.63. The average molecular weight is 433 g/mol. The van der Waals surface area contributed by atoms with E-state index in [1.54, 1.807) is 0 Å². The Labute approximate surface area is 154 Å². The summed E-state index contributed by atoms with van der Waals surface area (Å²) in [5.41, 5.74) is 1.03. The molecule has 120 valence electrons. The summed E-state index contributed by atoms with van der Waals surface area (Å²) in [5, 5.41) is 7.32. The topological polar surface area (TPSA) is 41.4 Å². The molecule has 0 saturated heterocycles. The van der Waals surface area contributed by atoms with E-state index in [0.717, 1.165) is 36.2 Å². The molecule has 1 aromatic carbocycles. The van der Waals surface area contributed by atoms with Gasteiger partial charge in [0.05, 0.1) is 6.54 Å². The minimum absolute atomic E-state index is 0. The minimum Gasteiger partial charge on any atom is -0.357 e. The van der Waals surface area contributed by atoms with E-state index in [9.17, 15) is 0 Å². The highest BCUT2D eigenvalue weighted by atomic mass is 127. The van der Waals surface area contributed by atoms with Gasteiger partial charge in [0, 0.05) is 37.1 Å². The van der Waals surface area contributed by atoms with Gasteiger partial charge in [-0.25, -0.2) is 4.99 Å². The predicted octanol–water partition coefficient (Wildman–Crippen LogP) is 3.51. The third-order valence-corrected chi connectivity index (χ3v) is 3.41. The van der Waals surface area contributed by atoms with Crippen molar-refractivity contribution < 1.29 is 0 Å². The Morgan fingerprint density at radius 3 is 2.55 bits per heavy atom. The molecule has 0 saturated carbocycles. The molecule has 0 atom stereocenters. The van der Waals surface area contributed by atoms with Crippen molar-refractivity contribution in [3.63, 3.8) is 0 Å². The summed E-state index contributed by atoms with van der Waals surface area (Å²) in [6, 6.07) is 11.8. The van der Waals surface area contributed by atoms with E-state index in [1.807, 2.05) is 36.4 Å². The lowest BCUT2D eigenvalue weighted by Gasteiger charge is -2.12. The number of guanidine groups is 1. The van der Waals surface area contributed by atoms with E-state index in [2.05, 4.69) is 39.5 Å². The zero-order valence-electron chi connectivity index (χ0n) is 12.6. The summed E-state index contributed by atoms with van der Waals surface area (Å²) < 4.78 is 2.13. The lowest BCUT2D eigenvalue weighted by atomic mass is 10.2. The second kappa shape index (κ2) is 10.5. The van der Waals surface area contributed by atoms with E-state index < -0.39 is 0 Å². The van der Waals surface area contributed by atoms with Crippen molar-refractivity contribution in [3.8, 4) is 0 Å². The van der Waals surface area contributed by atoms with E-state index in [0.29, 0.717) is 6.54 Å². The largest absolute Gasteiger partial charge is 0.357 e. The molecular weight excluding hydrogens is 411 g/mol. The normalized spacial score (nSPS) is 10.9. The van der Waals surface area contributed by atoms with Crippen LogP contribution in [0.3, 0.4) is 0 Å². The van der Waals surface area contributed by atoms with Crippen molar-refractivity contribution in [2.24, 2.45) is 4.99 Å². The number of hydrogen-bond acceptors (Lipinski definition) is 1. The highest BCUT2D eigenvalue weighted by molar-refractivity contribution is 14.0. The third kappa shape index (κ3) is 6.27. The monoisotopic (exact) mass is 432 g/mol. The number of rotatable bonds is 6. The van der Waals surface area contributed by atoms with Crippen LogP contribution in [0.1, 0.15) is 12.5 Å². The van der Waals surface area contributed by atoms with Gasteiger partial charge in [0.25, 0.3) is 0 Å². The summed E-state index contributed by atoms with van der Waals surface area (Å²) in [7, 11) is 0. The standard InChI is InChI=1S/C16H21ClN4.HI/c1-2-18-16(19-9-12-21-10-5-6-11-21)20-13-14-7-3-4-8-15(14)17;/h3-8,10-11H,2,9,12-13H2,1H3,(H2,18,19,20);1H. The fraction of sp³-hybridized carbons (Fsp3) is 0.312. The van der Waals surface area contributed by atoms with Crippen LogP contribution < -0.4 is 10.6 Å². The summed E-state index contributed by atoms with van der Waals surface area (Å²) in [4.78, 5) is 4.56. The van der Waals surface area contributed by atoms with Gasteiger partial charge in [-0.1, -0.05) is 29.8 Å². The van der Waals surface area contributed by atoms with Crippen molar-refractivity contribution in [1.29, 1.82) is 0 Å². The Balaban J connectivity index is 0.00000242. The van der Waals surface area contributed by atoms with Crippen molar-refractivity contribution in [2.45, 2.75) is 20.0 Å². The molecule has 0 fully saturated rings. The highest BCUT2D eigenvalue weighted by Gasteiger charge is 2.00. The first-order valence-electron chi connectivity index (χ1n) is 7.16. The number of hydrogen-bond donors (Lipinski definition) is 2. The van der Waals surface area contributed by atoms with Gasteiger partial charge in [0.1, 0.15) is 0 Å². The Kier molecular flexibility index (Phi) is 9.00. The molecule has 1 aromatic heterocycles. The van der Waals surface area contributed by atoms with Gasteiger partial charge >= 0.3 is 0 Å². The van der Waals surface area contributed by atoms with Crippen molar-refractivity contribution >= 4 is 41.5 Å². The number of aliphatic imine (C=N–C) groups is 1. The van der Waals surface area contributed by atoms with Gasteiger partial charge in [-0.05, 0) is 30.7 Å². The first-order valence-corrected chi connectivity index (χ1v) is 7.53. The SMILES string of the molecule is CCNC(=NCc1ccccc1Cl)NCCn1cccc1.I. The fourth-order valence-electron chi connectivity index (χ4n) is 1.96. The van der Waals surface area contributed by atoms with Crippen LogP contribution in [-0.2, 0) is 13.1 Å². The van der Waals surface area contributed by atoms with Crippen molar-refractivity contribution in [1.82, 2.24) is 15.2 Å². The molecule has 1 heterocycles. The molecule has 0 bridgehead atoms. The van der Waals surface area contributed by atoms with E-state index in [-0.39, 0.29) is 24.0 Å². The van der Waals surface area contributed by atoms with E-state index in [1.165, 1.54) is 0 Å². The maximum Gasteiger partial charge on any atom is 0.191 e. The summed E-state index contributed by atoms with van der Waals surface area (Å²) in [5.74, 6) is 0.810. The summed E-state index contributed by atoms with van der Waals surface area (Å²) in [6.45, 7) is 5.18. The summed E-state index contributed by atoms with van der Waals surface area (Å²) >= 11 is 6.14. The van der Waals surface area contributed by atoms with Gasteiger partial charge in [-0.15, -0.1) is 24.0 Å². The highest BCUT2D eigenvalue weighted by Crippen LogP contribution is 2.15. The summed E-state index contributed by atoms with van der Waals surface area (Å²) in [6.07, 6.45) is 4.10. The molecule has 22 heavy (non-hydrogen) atoms. The van der Waals surface area contributed by atoms with Crippen LogP contribution in [0.15, 0.2) is 53.8 Å². The van der Waals surface area contributed by atoms with Crippen LogP contribution in [0.4, 0.5) is 0 Å². The maximum atomic E-state index is 6.14. The van der Waals surface area contributed by atoms with Gasteiger partial charge in [0.15, 0.2) is 5.96 Å². The number of nitrogens with zero attached hydrogens (tertiary/aromatic N) is 2. The second-order valence-corrected chi connectivity index (χ2v) is 5.04. The molecule has 0 aliphatic carbocycles. The molecular formula is C16H22ClIN4. The average Bonchev–Trinajstić information content (AvgIpc) is 2.99. The lowest BCUT2D eigenvalue weighted by Crippen LogP contribution is -2.38. The number of benzene rings is 1. The Hall–Kier alpha value is -1.21. The van der Waals surface area contributed by atoms with Crippen LogP contribution >= 0.6 is 35.6 Å². The molecule has 0 radical (unpaired) electrons. The first-order chi connectivity index (χ1) is 10.3. The molecule has 0 aliphatic heterocycles. The predicted molar refractivity (Wildman–Crippen MR) is 104 cm³/mol. The number of nitrogens with one attached hydrogen (secondary N) is 2. The molecule has 2 rings (SSSR count). The molecule has 2 N–H and O–H groups in total. The molecule has 0 aliphatic rings. The Bertz CT molecular complexity index is 569. The minimum atomic E-state index is 0. The molecule has 4 nitrogen and oxygen atoms in total. The lowest BCUT2D eigenvalue weighted by molar-refractivity contribution is 0.666. The Morgan fingerprint density at radius 2 is 1.86 bits per heavy atom. The molecule has 6 heteroatoms. The molecule has 0 unspecified atom stereocenters. The Morgan fingerprint density at radius 1 is 1.14 bits per heavy atom. The smallest absolute Gasteiger partial charge is 0.191 e. The van der Waals surface area contributed by atoms with E-state index in [4.69, 9.17) is 11.6 Å². The first kappa shape index (κ1) is 18.8. The quantitative estimate of drug-likeness (QED) is 0.417. The van der Waals surface area contributed by atoms with Crippen LogP contribution in [0.25, 0.3) is 0 Å². The van der Waals surface area contributed by atoms with Crippen LogP contribution in [0.5, 0.6) is 0 Å².